The number of carbonyl (C=O) groups excluding carboxylic acids is 2. The molecule has 3 heterocycles. The number of fused-ring (bicyclic) bond motifs is 1. The minimum absolute atomic E-state index is 0.00293. The number of hydrogen-bond donors (Lipinski definition) is 1. The Morgan fingerprint density at radius 1 is 0.949 bits per heavy atom. The van der Waals surface area contributed by atoms with Crippen LogP contribution in [-0.4, -0.2) is 83.2 Å². The molecule has 2 aromatic carbocycles. The van der Waals surface area contributed by atoms with Gasteiger partial charge in [0.1, 0.15) is 12.3 Å². The molecule has 0 radical (unpaired) electrons. The number of imidazole rings is 1. The molecule has 1 N–H and O–H groups in total. The maximum Gasteiger partial charge on any atom is 0.325 e. The minimum atomic E-state index is -0.390. The molecule has 39 heavy (non-hydrogen) atoms. The zero-order chi connectivity index (χ0) is 27.2. The molecule has 5 rings (SSSR count). The van der Waals surface area contributed by atoms with Gasteiger partial charge in [0, 0.05) is 38.3 Å². The summed E-state index contributed by atoms with van der Waals surface area (Å²) >= 11 is 0. The van der Waals surface area contributed by atoms with Crippen molar-refractivity contribution in [2.75, 3.05) is 57.2 Å². The summed E-state index contributed by atoms with van der Waals surface area (Å²) in [5, 5.41) is 3.41. The maximum absolute atomic E-state index is 13.0. The first-order chi connectivity index (χ1) is 19.1. The third-order valence-electron chi connectivity index (χ3n) is 6.71. The van der Waals surface area contributed by atoms with Gasteiger partial charge in [-0.2, -0.15) is 9.97 Å². The molecule has 2 aromatic heterocycles. The lowest BCUT2D eigenvalue weighted by Crippen LogP contribution is -2.49. The van der Waals surface area contributed by atoms with Crippen molar-refractivity contribution < 1.29 is 19.1 Å². The number of esters is 1. The van der Waals surface area contributed by atoms with Crippen LogP contribution < -0.4 is 15.0 Å². The van der Waals surface area contributed by atoms with Crippen molar-refractivity contribution >= 4 is 34.8 Å². The fraction of sp³-hybridized carbons (Fsp3) is 0.321. The van der Waals surface area contributed by atoms with Crippen molar-refractivity contribution in [3.05, 3.63) is 72.1 Å². The second-order valence-electron chi connectivity index (χ2n) is 9.16. The van der Waals surface area contributed by atoms with Gasteiger partial charge in [0.15, 0.2) is 17.0 Å². The highest BCUT2D eigenvalue weighted by Crippen LogP contribution is 2.24. The summed E-state index contributed by atoms with van der Waals surface area (Å²) in [6, 6.07) is 17.3. The number of ether oxygens (including phenoxy) is 2. The molecule has 0 spiro atoms. The Balaban J connectivity index is 1.34. The molecule has 0 aliphatic carbocycles. The van der Waals surface area contributed by atoms with E-state index < -0.39 is 5.97 Å². The average molecular weight is 530 g/mol. The lowest BCUT2D eigenvalue weighted by Gasteiger charge is -2.35. The summed E-state index contributed by atoms with van der Waals surface area (Å²) in [7, 11) is 2.95. The second-order valence-corrected chi connectivity index (χ2v) is 9.16. The van der Waals surface area contributed by atoms with Gasteiger partial charge in [-0.1, -0.05) is 30.3 Å². The SMILES string of the molecule is COC(=O)Cn1cnc2c(NCCc3ccccc3)nc(N3CCN(C(=O)c4ccc(OC)cc4)CC3)nc21. The van der Waals surface area contributed by atoms with Gasteiger partial charge in [-0.05, 0) is 36.2 Å². The highest BCUT2D eigenvalue weighted by Gasteiger charge is 2.25. The van der Waals surface area contributed by atoms with Gasteiger partial charge in [-0.3, -0.25) is 9.59 Å². The van der Waals surface area contributed by atoms with Gasteiger partial charge in [-0.15, -0.1) is 0 Å². The fourth-order valence-corrected chi connectivity index (χ4v) is 4.51. The van der Waals surface area contributed by atoms with Gasteiger partial charge >= 0.3 is 5.97 Å². The van der Waals surface area contributed by atoms with Crippen molar-refractivity contribution in [1.29, 1.82) is 0 Å². The molecule has 0 unspecified atom stereocenters. The Bertz CT molecular complexity index is 1430. The lowest BCUT2D eigenvalue weighted by molar-refractivity contribution is -0.141. The van der Waals surface area contributed by atoms with Crippen molar-refractivity contribution in [1.82, 2.24) is 24.4 Å². The van der Waals surface area contributed by atoms with Crippen LogP contribution in [0.1, 0.15) is 15.9 Å². The van der Waals surface area contributed by atoms with Crippen LogP contribution in [0.25, 0.3) is 11.2 Å². The molecule has 4 aromatic rings. The van der Waals surface area contributed by atoms with E-state index in [4.69, 9.17) is 19.4 Å². The molecule has 1 aliphatic rings. The predicted molar refractivity (Wildman–Crippen MR) is 147 cm³/mol. The van der Waals surface area contributed by atoms with E-state index in [1.807, 2.05) is 23.1 Å². The molecule has 0 bridgehead atoms. The molecule has 0 atom stereocenters. The first-order valence-electron chi connectivity index (χ1n) is 12.8. The first-order valence-corrected chi connectivity index (χ1v) is 12.8. The Hall–Kier alpha value is -4.67. The van der Waals surface area contributed by atoms with E-state index >= 15 is 0 Å². The quantitative estimate of drug-likeness (QED) is 0.327. The van der Waals surface area contributed by atoms with Gasteiger partial charge in [0.2, 0.25) is 5.95 Å². The number of anilines is 2. The summed E-state index contributed by atoms with van der Waals surface area (Å²) in [5.74, 6) is 1.43. The standard InChI is InChI=1S/C28H31N7O4/c1-38-22-10-8-21(9-11-22)27(37)33-14-16-34(17-15-33)28-31-25(29-13-12-20-6-4-3-5-7-20)24-26(32-28)35(19-30-24)18-23(36)39-2/h3-11,19H,12-18H2,1-2H3,(H,29,31,32). The Morgan fingerprint density at radius 2 is 1.69 bits per heavy atom. The normalized spacial score (nSPS) is 13.4. The summed E-state index contributed by atoms with van der Waals surface area (Å²) in [4.78, 5) is 43.0. The van der Waals surface area contributed by atoms with Crippen molar-refractivity contribution in [3.63, 3.8) is 0 Å². The van der Waals surface area contributed by atoms with E-state index in [0.29, 0.717) is 67.0 Å². The van der Waals surface area contributed by atoms with Crippen molar-refractivity contribution in [3.8, 4) is 5.75 Å². The Kier molecular flexibility index (Phi) is 7.86. The molecular weight excluding hydrogens is 498 g/mol. The molecule has 1 fully saturated rings. The van der Waals surface area contributed by atoms with Gasteiger partial charge in [0.05, 0.1) is 20.5 Å². The molecule has 1 amide bonds. The van der Waals surface area contributed by atoms with E-state index in [1.54, 1.807) is 42.3 Å². The van der Waals surface area contributed by atoms with Gasteiger partial charge in [-0.25, -0.2) is 4.98 Å². The number of hydrogen-bond acceptors (Lipinski definition) is 9. The van der Waals surface area contributed by atoms with Crippen LogP contribution in [0.15, 0.2) is 60.9 Å². The number of benzene rings is 2. The molecule has 11 heteroatoms. The Labute approximate surface area is 226 Å². The molecule has 202 valence electrons. The van der Waals surface area contributed by atoms with Gasteiger partial charge in [0.25, 0.3) is 5.91 Å². The number of rotatable bonds is 9. The molecule has 1 aliphatic heterocycles. The van der Waals surface area contributed by atoms with Crippen LogP contribution in [0.4, 0.5) is 11.8 Å². The monoisotopic (exact) mass is 529 g/mol. The third kappa shape index (κ3) is 5.92. The smallest absolute Gasteiger partial charge is 0.325 e. The number of carbonyl (C=O) groups is 2. The second kappa shape index (κ2) is 11.8. The fourth-order valence-electron chi connectivity index (χ4n) is 4.51. The number of aromatic nitrogens is 4. The average Bonchev–Trinajstić information content (AvgIpc) is 3.40. The molecule has 1 saturated heterocycles. The third-order valence-corrected chi connectivity index (χ3v) is 6.71. The van der Waals surface area contributed by atoms with Gasteiger partial charge < -0.3 is 29.2 Å². The molecular formula is C28H31N7O4. The van der Waals surface area contributed by atoms with Crippen LogP contribution in [0.2, 0.25) is 0 Å². The van der Waals surface area contributed by atoms with Crippen LogP contribution in [0.5, 0.6) is 5.75 Å². The van der Waals surface area contributed by atoms with Crippen LogP contribution in [0.3, 0.4) is 0 Å². The molecule has 11 nitrogen and oxygen atoms in total. The predicted octanol–water partition coefficient (Wildman–Crippen LogP) is 2.62. The Morgan fingerprint density at radius 3 is 2.38 bits per heavy atom. The largest absolute Gasteiger partial charge is 0.497 e. The number of nitrogens with one attached hydrogen (secondary N) is 1. The number of amides is 1. The van der Waals surface area contributed by atoms with Crippen LogP contribution in [0, 0.1) is 0 Å². The summed E-state index contributed by atoms with van der Waals surface area (Å²) in [6.45, 7) is 2.86. The van der Waals surface area contributed by atoms with Crippen molar-refractivity contribution in [2.24, 2.45) is 0 Å². The summed E-state index contributed by atoms with van der Waals surface area (Å²) in [5.41, 5.74) is 2.97. The van der Waals surface area contributed by atoms with Crippen LogP contribution >= 0.6 is 0 Å². The van der Waals surface area contributed by atoms with E-state index in [2.05, 4.69) is 27.3 Å². The van der Waals surface area contributed by atoms with Crippen molar-refractivity contribution in [2.45, 2.75) is 13.0 Å². The van der Waals surface area contributed by atoms with E-state index in [1.165, 1.54) is 12.7 Å². The summed E-state index contributed by atoms with van der Waals surface area (Å²) < 4.78 is 11.7. The summed E-state index contributed by atoms with van der Waals surface area (Å²) in [6.07, 6.45) is 2.39. The molecule has 0 saturated carbocycles. The van der Waals surface area contributed by atoms with E-state index in [-0.39, 0.29) is 12.5 Å². The number of nitrogens with zero attached hydrogens (tertiary/aromatic N) is 6. The maximum atomic E-state index is 13.0. The van der Waals surface area contributed by atoms with Crippen LogP contribution in [-0.2, 0) is 22.5 Å². The minimum Gasteiger partial charge on any atom is -0.497 e. The number of piperazine rings is 1. The zero-order valence-electron chi connectivity index (χ0n) is 22.0. The van der Waals surface area contributed by atoms with E-state index in [0.717, 1.165) is 6.42 Å². The highest BCUT2D eigenvalue weighted by molar-refractivity contribution is 5.94. The number of methoxy groups -OCH3 is 2. The first kappa shape index (κ1) is 26.0. The highest BCUT2D eigenvalue weighted by atomic mass is 16.5. The van der Waals surface area contributed by atoms with E-state index in [9.17, 15) is 9.59 Å². The topological polar surface area (TPSA) is 115 Å². The zero-order valence-corrected chi connectivity index (χ0v) is 22.0. The lowest BCUT2D eigenvalue weighted by atomic mass is 10.1.